The molecule has 0 spiro atoms. The van der Waals surface area contributed by atoms with Gasteiger partial charge in [0.15, 0.2) is 11.3 Å². The Morgan fingerprint density at radius 3 is 2.52 bits per heavy atom. The van der Waals surface area contributed by atoms with Crippen LogP contribution >= 0.6 is 0 Å². The summed E-state index contributed by atoms with van der Waals surface area (Å²) in [5, 5.41) is 30.3. The summed E-state index contributed by atoms with van der Waals surface area (Å²) in [6.07, 6.45) is 12.6. The molecule has 2 amide bonds. The van der Waals surface area contributed by atoms with Crippen molar-refractivity contribution in [3.63, 3.8) is 0 Å². The number of nitrogens with one attached hydrogen (secondary N) is 3. The van der Waals surface area contributed by atoms with Gasteiger partial charge < -0.3 is 25.3 Å². The molecule has 52 heavy (non-hydrogen) atoms. The van der Waals surface area contributed by atoms with Crippen LogP contribution in [0.5, 0.6) is 5.75 Å². The zero-order chi connectivity index (χ0) is 37.0. The number of aromatic nitrogens is 5. The molecule has 13 nitrogen and oxygen atoms in total. The van der Waals surface area contributed by atoms with Gasteiger partial charge in [0.1, 0.15) is 11.9 Å². The van der Waals surface area contributed by atoms with Crippen LogP contribution in [0.15, 0.2) is 66.9 Å². The van der Waals surface area contributed by atoms with E-state index < -0.39 is 0 Å². The van der Waals surface area contributed by atoms with Gasteiger partial charge in [-0.05, 0) is 83.3 Å². The minimum absolute atomic E-state index is 0.158. The molecule has 0 saturated carbocycles. The minimum atomic E-state index is -0.374. The molecule has 4 heterocycles. The number of rotatable bonds is 12. The van der Waals surface area contributed by atoms with Crippen LogP contribution in [0.3, 0.4) is 0 Å². The number of hydrogen-bond donors (Lipinski definition) is 4. The zero-order valence-corrected chi connectivity index (χ0v) is 31.8. The topological polar surface area (TPSA) is 145 Å². The second-order valence-electron chi connectivity index (χ2n) is 15.7. The van der Waals surface area contributed by atoms with Gasteiger partial charge in [-0.3, -0.25) is 19.7 Å². The smallest absolute Gasteiger partial charge is 0.323 e. The summed E-state index contributed by atoms with van der Waals surface area (Å²) in [6, 6.07) is 12.6. The number of urea groups is 1. The summed E-state index contributed by atoms with van der Waals surface area (Å²) in [4.78, 5) is 18.1. The minimum Gasteiger partial charge on any atom is -0.491 e. The Balaban J connectivity index is 1.12. The molecule has 5 N–H and O–H groups in total. The fourth-order valence-electron chi connectivity index (χ4n) is 7.20. The van der Waals surface area contributed by atoms with E-state index in [0.717, 1.165) is 67.4 Å². The lowest BCUT2D eigenvalue weighted by atomic mass is 9.80. The van der Waals surface area contributed by atoms with Crippen molar-refractivity contribution in [3.05, 3.63) is 78.0 Å². The van der Waals surface area contributed by atoms with E-state index in [-0.39, 0.29) is 23.4 Å². The van der Waals surface area contributed by atoms with Gasteiger partial charge in [-0.25, -0.2) is 4.79 Å². The maximum atomic E-state index is 13.6. The summed E-state index contributed by atoms with van der Waals surface area (Å²) in [5.74, 6) is 2.37. The maximum absolute atomic E-state index is 13.6. The lowest BCUT2D eigenvalue weighted by molar-refractivity contribution is -0.522. The number of benzene rings is 1. The molecule has 1 aliphatic heterocycles. The van der Waals surface area contributed by atoms with Crippen molar-refractivity contribution >= 4 is 29.0 Å². The second kappa shape index (κ2) is 15.9. The molecule has 1 saturated heterocycles. The van der Waals surface area contributed by atoms with Crippen LogP contribution in [0.1, 0.15) is 89.8 Å². The van der Waals surface area contributed by atoms with Crippen LogP contribution < -0.4 is 25.6 Å². The molecule has 0 radical (unpaired) electrons. The average molecular weight is 711 g/mol. The number of allylic oxidation sites excluding steroid dienone is 1. The van der Waals surface area contributed by atoms with Crippen molar-refractivity contribution in [1.82, 2.24) is 39.9 Å². The van der Waals surface area contributed by atoms with Crippen molar-refractivity contribution in [3.8, 4) is 5.75 Å². The highest BCUT2D eigenvalue weighted by molar-refractivity contribution is 5.97. The first-order chi connectivity index (χ1) is 24.9. The van der Waals surface area contributed by atoms with E-state index in [1.807, 2.05) is 75.5 Å². The number of carbonyl (C=O) groups excluding carboxylic acids is 1. The Morgan fingerprint density at radius 2 is 1.79 bits per heavy atom. The third-order valence-electron chi connectivity index (χ3n) is 10.3. The summed E-state index contributed by atoms with van der Waals surface area (Å²) in [7, 11) is 4.06. The highest BCUT2D eigenvalue weighted by atomic mass is 16.5. The standard InChI is InChI=1S/C39H55N11O2/c1-26-11-10-12-27(2)50(26)38-46-45-36-18-16-30(24-49(36)38)52-25-28-15-17-33(32-14-9-8-13-31(28)32)43-37(51)44-35(21-34(40)39(3,4)5)42-29-22-41-48(23-29)20-19-47(6)7/h8-9,13-14,16,18,21-24,26-28,33,40,42H,10-12,15,17,19-20,25H2,1-7H3,(H2,43,44,51)/p+1. The van der Waals surface area contributed by atoms with Crippen LogP contribution in [-0.4, -0.2) is 80.4 Å². The normalized spacial score (nSPS) is 20.9. The first-order valence-electron chi connectivity index (χ1n) is 18.6. The fourth-order valence-corrected chi connectivity index (χ4v) is 7.20. The molecule has 1 aromatic carbocycles. The van der Waals surface area contributed by atoms with E-state index in [4.69, 9.17) is 10.1 Å². The molecule has 2 aliphatic rings. The molecule has 278 valence electrons. The van der Waals surface area contributed by atoms with Crippen LogP contribution in [-0.2, 0) is 6.54 Å². The molecule has 1 fully saturated rings. The van der Waals surface area contributed by atoms with Crippen molar-refractivity contribution in [1.29, 1.82) is 5.41 Å². The molecule has 0 bridgehead atoms. The van der Waals surface area contributed by atoms with E-state index in [1.165, 1.54) is 12.0 Å². The third kappa shape index (κ3) is 8.82. The molecule has 6 rings (SSSR count). The third-order valence-corrected chi connectivity index (χ3v) is 10.3. The fraction of sp³-hybridized carbons (Fsp3) is 0.513. The molecule has 3 aromatic heterocycles. The number of ether oxygens (including phenoxy) is 1. The molecular weight excluding hydrogens is 655 g/mol. The molecular formula is C39H56N11O2+. The number of amides is 2. The van der Waals surface area contributed by atoms with Crippen LogP contribution in [0, 0.1) is 10.8 Å². The molecule has 1 aliphatic carbocycles. The summed E-state index contributed by atoms with van der Waals surface area (Å²) in [6.45, 7) is 12.6. The summed E-state index contributed by atoms with van der Waals surface area (Å²) >= 11 is 0. The van der Waals surface area contributed by atoms with E-state index >= 15 is 0 Å². The van der Waals surface area contributed by atoms with Gasteiger partial charge in [0, 0.05) is 41.7 Å². The average Bonchev–Trinajstić information content (AvgIpc) is 3.73. The van der Waals surface area contributed by atoms with Crippen molar-refractivity contribution in [2.75, 3.05) is 32.1 Å². The lowest BCUT2D eigenvalue weighted by Crippen LogP contribution is -2.79. The number of hydrogen-bond acceptors (Lipinski definition) is 8. The number of anilines is 1. The van der Waals surface area contributed by atoms with Crippen LogP contribution in [0.25, 0.3) is 5.65 Å². The Morgan fingerprint density at radius 1 is 1.04 bits per heavy atom. The van der Waals surface area contributed by atoms with E-state index in [2.05, 4.69) is 72.2 Å². The van der Waals surface area contributed by atoms with Crippen LogP contribution in [0.4, 0.5) is 16.4 Å². The maximum Gasteiger partial charge on any atom is 0.323 e. The van der Waals surface area contributed by atoms with Crippen molar-refractivity contribution in [2.45, 2.75) is 97.3 Å². The summed E-state index contributed by atoms with van der Waals surface area (Å²) in [5.41, 5.74) is 3.99. The molecule has 13 heteroatoms. The van der Waals surface area contributed by atoms with Crippen molar-refractivity contribution < 1.29 is 14.8 Å². The number of nitrogens with zero attached hydrogens (tertiary/aromatic N) is 7. The zero-order valence-electron chi connectivity index (χ0n) is 31.8. The van der Waals surface area contributed by atoms with Gasteiger partial charge in [-0.1, -0.05) is 45.0 Å². The number of pyridine rings is 1. The number of likely N-dealkylation sites (N-methyl/N-ethyl adjacent to an activating group) is 1. The Bertz CT molecular complexity index is 1880. The number of quaternary nitrogens is 1. The first kappa shape index (κ1) is 37.0. The van der Waals surface area contributed by atoms with Crippen molar-refractivity contribution in [2.24, 2.45) is 5.41 Å². The lowest BCUT2D eigenvalue weighted by Gasteiger charge is -2.39. The largest absolute Gasteiger partial charge is 0.491 e. The first-order valence-corrected chi connectivity index (χ1v) is 18.6. The van der Waals surface area contributed by atoms with Gasteiger partial charge in [0.2, 0.25) is 11.8 Å². The number of carbonyl (C=O) groups is 1. The van der Waals surface area contributed by atoms with Crippen LogP contribution in [0.2, 0.25) is 0 Å². The number of nitrogens with two attached hydrogens (primary N) is 1. The van der Waals surface area contributed by atoms with Gasteiger partial charge in [-0.15, -0.1) is 10.2 Å². The highest BCUT2D eigenvalue weighted by Gasteiger charge is 2.31. The van der Waals surface area contributed by atoms with E-state index in [0.29, 0.717) is 30.2 Å². The van der Waals surface area contributed by atoms with Gasteiger partial charge in [0.25, 0.3) is 0 Å². The predicted molar refractivity (Wildman–Crippen MR) is 204 cm³/mol. The van der Waals surface area contributed by atoms with Gasteiger partial charge >= 0.3 is 6.03 Å². The van der Waals surface area contributed by atoms with Gasteiger partial charge in [0.05, 0.1) is 31.6 Å². The number of fused-ring (bicyclic) bond motifs is 2. The Labute approximate surface area is 307 Å². The Kier molecular flexibility index (Phi) is 11.3. The molecule has 4 aromatic rings. The highest BCUT2D eigenvalue weighted by Crippen LogP contribution is 2.38. The quantitative estimate of drug-likeness (QED) is 0.145. The van der Waals surface area contributed by atoms with E-state index in [9.17, 15) is 4.79 Å². The molecule has 4 atom stereocenters. The number of piperidine rings is 1. The summed E-state index contributed by atoms with van der Waals surface area (Å²) < 4.78 is 10.4. The second-order valence-corrected chi connectivity index (χ2v) is 15.7. The predicted octanol–water partition coefficient (Wildman–Crippen LogP) is 5.35. The Hall–Kier alpha value is -4.75. The van der Waals surface area contributed by atoms with E-state index in [1.54, 1.807) is 12.3 Å². The van der Waals surface area contributed by atoms with Gasteiger partial charge in [-0.2, -0.15) is 5.10 Å². The SMILES string of the molecule is CC1CCCC(C)N1c1nnc2ccc(OCC3CCC(NC(=O)NC(=CC(=N)C(C)(C)C)[NH2+]c4cnn(CCN(C)C)c4)c4ccccc43)cn12. The molecule has 4 unspecified atom stereocenters. The monoisotopic (exact) mass is 710 g/mol.